The third kappa shape index (κ3) is 4.28. The van der Waals surface area contributed by atoms with Gasteiger partial charge in [0.25, 0.3) is 0 Å². The van der Waals surface area contributed by atoms with Crippen LogP contribution in [0.25, 0.3) is 0 Å². The van der Waals surface area contributed by atoms with Gasteiger partial charge in [0.1, 0.15) is 0 Å². The second-order valence-electron chi connectivity index (χ2n) is 6.32. The Hall–Kier alpha value is 0.290. The summed E-state index contributed by atoms with van der Waals surface area (Å²) in [5, 5.41) is 0. The van der Waals surface area contributed by atoms with Crippen molar-refractivity contribution in [2.45, 2.75) is 72.1 Å². The molecule has 1 aliphatic rings. The first-order valence-corrected chi connectivity index (χ1v) is 7.71. The largest absolute Gasteiger partial charge is 0.126 e. The highest BCUT2D eigenvalue weighted by molar-refractivity contribution is 6.18. The molecular formula is C15H29Cl. The van der Waals surface area contributed by atoms with Crippen molar-refractivity contribution in [1.82, 2.24) is 0 Å². The SMILES string of the molecule is CCCCC1CCC(CCl)(CC(C)C)CC1. The fourth-order valence-electron chi connectivity index (χ4n) is 3.33. The van der Waals surface area contributed by atoms with Gasteiger partial charge in [-0.15, -0.1) is 11.6 Å². The molecule has 0 aliphatic heterocycles. The fourth-order valence-corrected chi connectivity index (χ4v) is 3.71. The van der Waals surface area contributed by atoms with Crippen LogP contribution in [0.3, 0.4) is 0 Å². The second kappa shape index (κ2) is 6.89. The van der Waals surface area contributed by atoms with Gasteiger partial charge in [0.2, 0.25) is 0 Å². The van der Waals surface area contributed by atoms with Crippen molar-refractivity contribution >= 4 is 11.6 Å². The molecule has 0 aromatic rings. The normalized spacial score (nSPS) is 30.9. The molecule has 1 fully saturated rings. The standard InChI is InChI=1S/C15H29Cl/c1-4-5-6-14-7-9-15(12-16,10-8-14)11-13(2)3/h13-14H,4-12H2,1-3H3. The van der Waals surface area contributed by atoms with Crippen LogP contribution in [0, 0.1) is 17.3 Å². The lowest BCUT2D eigenvalue weighted by Crippen LogP contribution is -2.30. The molecular weight excluding hydrogens is 216 g/mol. The average Bonchev–Trinajstić information content (AvgIpc) is 2.27. The van der Waals surface area contributed by atoms with Crippen molar-refractivity contribution in [3.8, 4) is 0 Å². The summed E-state index contributed by atoms with van der Waals surface area (Å²) in [6.07, 6.45) is 11.2. The zero-order chi connectivity index (χ0) is 12.0. The Morgan fingerprint density at radius 2 is 1.88 bits per heavy atom. The van der Waals surface area contributed by atoms with Gasteiger partial charge < -0.3 is 0 Å². The molecule has 0 spiro atoms. The van der Waals surface area contributed by atoms with Crippen molar-refractivity contribution in [2.24, 2.45) is 17.3 Å². The molecule has 1 aliphatic carbocycles. The van der Waals surface area contributed by atoms with E-state index in [1.165, 1.54) is 51.4 Å². The maximum atomic E-state index is 6.23. The van der Waals surface area contributed by atoms with Gasteiger partial charge in [0, 0.05) is 5.88 Å². The molecule has 0 unspecified atom stereocenters. The molecule has 0 bridgehead atoms. The number of hydrogen-bond acceptors (Lipinski definition) is 0. The molecule has 0 N–H and O–H groups in total. The van der Waals surface area contributed by atoms with E-state index in [4.69, 9.17) is 11.6 Å². The van der Waals surface area contributed by atoms with Crippen LogP contribution in [0.1, 0.15) is 72.1 Å². The van der Waals surface area contributed by atoms with Crippen LogP contribution in [-0.4, -0.2) is 5.88 Å². The Kier molecular flexibility index (Phi) is 6.18. The summed E-state index contributed by atoms with van der Waals surface area (Å²) in [6, 6.07) is 0. The second-order valence-corrected chi connectivity index (χ2v) is 6.58. The lowest BCUT2D eigenvalue weighted by molar-refractivity contribution is 0.138. The summed E-state index contributed by atoms with van der Waals surface area (Å²) in [5.74, 6) is 2.68. The Labute approximate surface area is 107 Å². The summed E-state index contributed by atoms with van der Waals surface area (Å²) in [4.78, 5) is 0. The monoisotopic (exact) mass is 244 g/mol. The summed E-state index contributed by atoms with van der Waals surface area (Å²) < 4.78 is 0. The fraction of sp³-hybridized carbons (Fsp3) is 1.00. The van der Waals surface area contributed by atoms with Crippen LogP contribution in [0.4, 0.5) is 0 Å². The van der Waals surface area contributed by atoms with Crippen molar-refractivity contribution in [3.05, 3.63) is 0 Å². The Balaban J connectivity index is 2.37. The van der Waals surface area contributed by atoms with Crippen LogP contribution in [0.2, 0.25) is 0 Å². The Bertz CT molecular complexity index is 178. The number of alkyl halides is 1. The maximum Gasteiger partial charge on any atom is 0.0280 e. The molecule has 1 heteroatoms. The van der Waals surface area contributed by atoms with E-state index in [-0.39, 0.29) is 0 Å². The van der Waals surface area contributed by atoms with Gasteiger partial charge in [-0.05, 0) is 49.4 Å². The van der Waals surface area contributed by atoms with Crippen molar-refractivity contribution in [2.75, 3.05) is 5.88 Å². The maximum absolute atomic E-state index is 6.23. The first-order valence-electron chi connectivity index (χ1n) is 7.18. The third-order valence-electron chi connectivity index (χ3n) is 4.26. The van der Waals surface area contributed by atoms with Crippen LogP contribution in [0.5, 0.6) is 0 Å². The van der Waals surface area contributed by atoms with E-state index in [0.717, 1.165) is 17.7 Å². The zero-order valence-electron chi connectivity index (χ0n) is 11.4. The zero-order valence-corrected chi connectivity index (χ0v) is 12.2. The molecule has 0 atom stereocenters. The predicted octanol–water partition coefficient (Wildman–Crippen LogP) is 5.64. The molecule has 0 radical (unpaired) electrons. The quantitative estimate of drug-likeness (QED) is 0.531. The minimum atomic E-state index is 0.485. The van der Waals surface area contributed by atoms with Gasteiger partial charge >= 0.3 is 0 Å². The van der Waals surface area contributed by atoms with Crippen LogP contribution < -0.4 is 0 Å². The van der Waals surface area contributed by atoms with Gasteiger partial charge in [0.05, 0.1) is 0 Å². The van der Waals surface area contributed by atoms with E-state index in [9.17, 15) is 0 Å². The van der Waals surface area contributed by atoms with Gasteiger partial charge in [-0.3, -0.25) is 0 Å². The Morgan fingerprint density at radius 1 is 1.25 bits per heavy atom. The van der Waals surface area contributed by atoms with Crippen LogP contribution >= 0.6 is 11.6 Å². The molecule has 0 amide bonds. The summed E-state index contributed by atoms with van der Waals surface area (Å²) in [7, 11) is 0. The summed E-state index contributed by atoms with van der Waals surface area (Å²) in [6.45, 7) is 6.96. The summed E-state index contributed by atoms with van der Waals surface area (Å²) in [5.41, 5.74) is 0.485. The van der Waals surface area contributed by atoms with E-state index in [1.54, 1.807) is 0 Å². The molecule has 0 nitrogen and oxygen atoms in total. The summed E-state index contributed by atoms with van der Waals surface area (Å²) >= 11 is 6.23. The number of halogens is 1. The molecule has 0 aromatic carbocycles. The van der Waals surface area contributed by atoms with E-state index in [1.807, 2.05) is 0 Å². The van der Waals surface area contributed by atoms with Crippen LogP contribution in [0.15, 0.2) is 0 Å². The number of rotatable bonds is 6. The van der Waals surface area contributed by atoms with Gasteiger partial charge in [-0.2, -0.15) is 0 Å². The molecule has 0 heterocycles. The number of unbranched alkanes of at least 4 members (excludes halogenated alkanes) is 1. The third-order valence-corrected chi connectivity index (χ3v) is 4.82. The van der Waals surface area contributed by atoms with E-state index in [0.29, 0.717) is 5.41 Å². The number of hydrogen-bond donors (Lipinski definition) is 0. The van der Waals surface area contributed by atoms with E-state index < -0.39 is 0 Å². The molecule has 16 heavy (non-hydrogen) atoms. The first-order chi connectivity index (χ1) is 7.62. The minimum Gasteiger partial charge on any atom is -0.126 e. The smallest absolute Gasteiger partial charge is 0.0280 e. The topological polar surface area (TPSA) is 0 Å². The highest BCUT2D eigenvalue weighted by atomic mass is 35.5. The van der Waals surface area contributed by atoms with E-state index >= 15 is 0 Å². The first kappa shape index (κ1) is 14.4. The molecule has 0 saturated heterocycles. The highest BCUT2D eigenvalue weighted by Crippen LogP contribution is 2.45. The van der Waals surface area contributed by atoms with Crippen molar-refractivity contribution in [1.29, 1.82) is 0 Å². The van der Waals surface area contributed by atoms with Gasteiger partial charge in [-0.25, -0.2) is 0 Å². The van der Waals surface area contributed by atoms with Crippen molar-refractivity contribution in [3.63, 3.8) is 0 Å². The van der Waals surface area contributed by atoms with Gasteiger partial charge in [0.15, 0.2) is 0 Å². The lowest BCUT2D eigenvalue weighted by atomic mass is 9.67. The molecule has 0 aromatic heterocycles. The average molecular weight is 245 g/mol. The Morgan fingerprint density at radius 3 is 2.31 bits per heavy atom. The van der Waals surface area contributed by atoms with Gasteiger partial charge in [-0.1, -0.05) is 40.0 Å². The minimum absolute atomic E-state index is 0.485. The molecule has 1 saturated carbocycles. The van der Waals surface area contributed by atoms with E-state index in [2.05, 4.69) is 20.8 Å². The lowest BCUT2D eigenvalue weighted by Gasteiger charge is -2.40. The molecule has 1 rings (SSSR count). The molecule has 96 valence electrons. The van der Waals surface area contributed by atoms with Crippen molar-refractivity contribution < 1.29 is 0 Å². The van der Waals surface area contributed by atoms with Crippen LogP contribution in [-0.2, 0) is 0 Å². The predicted molar refractivity (Wildman–Crippen MR) is 74.1 cm³/mol. The highest BCUT2D eigenvalue weighted by Gasteiger charge is 2.34.